The topological polar surface area (TPSA) is 80.7 Å². The zero-order valence-corrected chi connectivity index (χ0v) is 11.6. The molecule has 0 fully saturated rings. The van der Waals surface area contributed by atoms with Crippen LogP contribution >= 0.6 is 0 Å². The van der Waals surface area contributed by atoms with E-state index < -0.39 is 15.8 Å². The maximum absolute atomic E-state index is 12.0. The fourth-order valence-corrected chi connectivity index (χ4v) is 2.66. The van der Waals surface area contributed by atoms with Crippen LogP contribution in [0.25, 0.3) is 0 Å². The number of hydrogen-bond acceptors (Lipinski definition) is 4. The molecule has 0 saturated heterocycles. The van der Waals surface area contributed by atoms with E-state index in [1.165, 1.54) is 19.2 Å². The molecule has 104 valence electrons. The Hall–Kier alpha value is -1.66. The van der Waals surface area contributed by atoms with Gasteiger partial charge in [-0.1, -0.05) is 17.7 Å². The number of carboxylic acid groups (broad SMARTS) is 1. The normalized spacial score (nSPS) is 12.4. The van der Waals surface area contributed by atoms with Crippen LogP contribution in [0.4, 0.5) is 0 Å². The lowest BCUT2D eigenvalue weighted by molar-refractivity contribution is -0.132. The molecule has 0 aliphatic heterocycles. The Morgan fingerprint density at radius 1 is 1.32 bits per heavy atom. The van der Waals surface area contributed by atoms with Crippen molar-refractivity contribution in [1.29, 1.82) is 0 Å². The van der Waals surface area contributed by atoms with Crippen molar-refractivity contribution in [1.82, 2.24) is 0 Å². The van der Waals surface area contributed by atoms with Gasteiger partial charge >= 0.3 is 5.97 Å². The number of aryl methyl sites for hydroxylation is 1. The third-order valence-electron chi connectivity index (χ3n) is 2.50. The van der Waals surface area contributed by atoms with E-state index in [-0.39, 0.29) is 23.5 Å². The summed E-state index contributed by atoms with van der Waals surface area (Å²) in [5, 5.41) is 9.76. The average molecular weight is 284 g/mol. The quantitative estimate of drug-likeness (QED) is 0.805. The largest absolute Gasteiger partial charge is 0.478 e. The lowest BCUT2D eigenvalue weighted by atomic mass is 10.2. The number of sulfone groups is 1. The van der Waals surface area contributed by atoms with E-state index >= 15 is 0 Å². The van der Waals surface area contributed by atoms with Crippen molar-refractivity contribution < 1.29 is 23.1 Å². The summed E-state index contributed by atoms with van der Waals surface area (Å²) in [6, 6.07) is 6.24. The molecule has 6 heteroatoms. The summed E-state index contributed by atoms with van der Waals surface area (Å²) in [6.45, 7) is 2.00. The average Bonchev–Trinajstić information content (AvgIpc) is 2.34. The molecule has 0 heterocycles. The van der Waals surface area contributed by atoms with Crippen LogP contribution in [0.2, 0.25) is 0 Å². The first-order chi connectivity index (χ1) is 8.86. The SMILES string of the molecule is COCC/C(=C\S(=O)(=O)c1ccc(C)cc1)C(=O)O. The predicted octanol–water partition coefficient (Wildman–Crippen LogP) is 1.77. The second-order valence-electron chi connectivity index (χ2n) is 4.05. The minimum absolute atomic E-state index is 0.0386. The minimum atomic E-state index is -3.75. The monoisotopic (exact) mass is 284 g/mol. The van der Waals surface area contributed by atoms with Gasteiger partial charge in [0.25, 0.3) is 0 Å². The Kier molecular flexibility index (Phi) is 5.26. The first-order valence-corrected chi connectivity index (χ1v) is 7.16. The van der Waals surface area contributed by atoms with Gasteiger partial charge < -0.3 is 9.84 Å². The van der Waals surface area contributed by atoms with Gasteiger partial charge in [0, 0.05) is 18.9 Å². The van der Waals surface area contributed by atoms with E-state index in [2.05, 4.69) is 0 Å². The first kappa shape index (κ1) is 15.4. The van der Waals surface area contributed by atoms with Crippen LogP contribution < -0.4 is 0 Å². The Labute approximate surface area is 112 Å². The number of rotatable bonds is 6. The molecule has 19 heavy (non-hydrogen) atoms. The molecule has 0 saturated carbocycles. The summed E-state index contributed by atoms with van der Waals surface area (Å²) < 4.78 is 28.8. The fraction of sp³-hybridized carbons (Fsp3) is 0.308. The second kappa shape index (κ2) is 6.49. The van der Waals surface area contributed by atoms with Crippen molar-refractivity contribution in [3.05, 3.63) is 40.8 Å². The van der Waals surface area contributed by atoms with Crippen LogP contribution in [0, 0.1) is 6.92 Å². The summed E-state index contributed by atoms with van der Waals surface area (Å²) in [5.41, 5.74) is 0.739. The van der Waals surface area contributed by atoms with Crippen LogP contribution in [0.1, 0.15) is 12.0 Å². The molecule has 1 aromatic carbocycles. The van der Waals surface area contributed by atoms with Gasteiger partial charge in [0.2, 0.25) is 0 Å². The van der Waals surface area contributed by atoms with Gasteiger partial charge in [-0.15, -0.1) is 0 Å². The third-order valence-corrected chi connectivity index (χ3v) is 4.02. The number of benzene rings is 1. The number of hydrogen-bond donors (Lipinski definition) is 1. The summed E-state index contributed by atoms with van der Waals surface area (Å²) >= 11 is 0. The van der Waals surface area contributed by atoms with Crippen LogP contribution in [0.5, 0.6) is 0 Å². The molecule has 0 radical (unpaired) electrons. The molecule has 0 atom stereocenters. The Bertz CT molecular complexity index is 570. The summed E-state index contributed by atoms with van der Waals surface area (Å²) in [5.74, 6) is -1.26. The number of carbonyl (C=O) groups is 1. The van der Waals surface area contributed by atoms with E-state index in [1.807, 2.05) is 6.92 Å². The molecule has 0 unspecified atom stereocenters. The molecular formula is C13H16O5S. The maximum atomic E-state index is 12.0. The van der Waals surface area contributed by atoms with E-state index in [9.17, 15) is 13.2 Å². The lowest BCUT2D eigenvalue weighted by Crippen LogP contribution is -2.07. The third kappa shape index (κ3) is 4.50. The summed E-state index contributed by atoms with van der Waals surface area (Å²) in [4.78, 5) is 11.1. The van der Waals surface area contributed by atoms with E-state index in [0.717, 1.165) is 11.0 Å². The summed E-state index contributed by atoms with van der Waals surface area (Å²) in [6.07, 6.45) is 0.0386. The number of ether oxygens (including phenoxy) is 1. The smallest absolute Gasteiger partial charge is 0.332 e. The van der Waals surface area contributed by atoms with E-state index in [0.29, 0.717) is 0 Å². The van der Waals surface area contributed by atoms with Crippen LogP contribution in [-0.4, -0.2) is 33.2 Å². The highest BCUT2D eigenvalue weighted by molar-refractivity contribution is 7.94. The van der Waals surface area contributed by atoms with Gasteiger partial charge in [-0.2, -0.15) is 0 Å². The zero-order valence-electron chi connectivity index (χ0n) is 10.8. The molecule has 1 N–H and O–H groups in total. The van der Waals surface area contributed by atoms with Crippen molar-refractivity contribution in [3.8, 4) is 0 Å². The van der Waals surface area contributed by atoms with Gasteiger partial charge in [-0.25, -0.2) is 13.2 Å². The van der Waals surface area contributed by atoms with Crippen molar-refractivity contribution in [2.45, 2.75) is 18.2 Å². The van der Waals surface area contributed by atoms with E-state index in [4.69, 9.17) is 9.84 Å². The highest BCUT2D eigenvalue weighted by Gasteiger charge is 2.16. The Balaban J connectivity index is 3.10. The highest BCUT2D eigenvalue weighted by atomic mass is 32.2. The van der Waals surface area contributed by atoms with Gasteiger partial charge in [-0.3, -0.25) is 0 Å². The van der Waals surface area contributed by atoms with Crippen LogP contribution in [0.3, 0.4) is 0 Å². The molecule has 0 aliphatic carbocycles. The molecule has 5 nitrogen and oxygen atoms in total. The van der Waals surface area contributed by atoms with Crippen molar-refractivity contribution in [2.75, 3.05) is 13.7 Å². The second-order valence-corrected chi connectivity index (χ2v) is 5.85. The number of aliphatic carboxylic acids is 1. The van der Waals surface area contributed by atoms with Crippen LogP contribution in [-0.2, 0) is 19.4 Å². The standard InChI is InChI=1S/C13H16O5S/c1-10-3-5-12(6-4-10)19(16,17)9-11(13(14)15)7-8-18-2/h3-6,9H,7-8H2,1-2H3,(H,14,15)/b11-9+. The maximum Gasteiger partial charge on any atom is 0.332 e. The molecule has 0 aromatic heterocycles. The number of carboxylic acids is 1. The molecule has 1 rings (SSSR count). The number of methoxy groups -OCH3 is 1. The van der Waals surface area contributed by atoms with Gasteiger partial charge in [0.05, 0.1) is 17.1 Å². The first-order valence-electron chi connectivity index (χ1n) is 5.61. The van der Waals surface area contributed by atoms with Gasteiger partial charge in [-0.05, 0) is 19.1 Å². The van der Waals surface area contributed by atoms with Crippen molar-refractivity contribution in [3.63, 3.8) is 0 Å². The van der Waals surface area contributed by atoms with Gasteiger partial charge in [0.15, 0.2) is 9.84 Å². The minimum Gasteiger partial charge on any atom is -0.478 e. The van der Waals surface area contributed by atoms with Crippen LogP contribution in [0.15, 0.2) is 40.1 Å². The molecule has 1 aromatic rings. The van der Waals surface area contributed by atoms with E-state index in [1.54, 1.807) is 12.1 Å². The Morgan fingerprint density at radius 2 is 1.89 bits per heavy atom. The summed E-state index contributed by atoms with van der Waals surface area (Å²) in [7, 11) is -2.33. The molecule has 0 spiro atoms. The fourth-order valence-electron chi connectivity index (χ4n) is 1.41. The molecule has 0 aliphatic rings. The zero-order chi connectivity index (χ0) is 14.5. The predicted molar refractivity (Wildman–Crippen MR) is 70.6 cm³/mol. The van der Waals surface area contributed by atoms with Crippen molar-refractivity contribution in [2.24, 2.45) is 0 Å². The van der Waals surface area contributed by atoms with Crippen molar-refractivity contribution >= 4 is 15.8 Å². The molecule has 0 amide bonds. The highest BCUT2D eigenvalue weighted by Crippen LogP contribution is 2.16. The molecule has 0 bridgehead atoms. The molecular weight excluding hydrogens is 268 g/mol. The van der Waals surface area contributed by atoms with Gasteiger partial charge in [0.1, 0.15) is 0 Å². The lowest BCUT2D eigenvalue weighted by Gasteiger charge is -2.04. The Morgan fingerprint density at radius 3 is 2.37 bits per heavy atom.